The summed E-state index contributed by atoms with van der Waals surface area (Å²) in [5.74, 6) is 1.94. The third-order valence-electron chi connectivity index (χ3n) is 3.88. The van der Waals surface area contributed by atoms with Crippen LogP contribution in [0.4, 0.5) is 11.4 Å². The Hall–Kier alpha value is -2.42. The van der Waals surface area contributed by atoms with Gasteiger partial charge in [0.25, 0.3) is 5.69 Å². The Morgan fingerprint density at radius 2 is 1.64 bits per heavy atom. The van der Waals surface area contributed by atoms with Crippen LogP contribution in [0.2, 0.25) is 5.02 Å². The second-order valence-corrected chi connectivity index (χ2v) is 5.95. The average molecular weight is 432 g/mol. The number of nitro benzene ring substituents is 1. The molecular formula is C18H23Cl2N3O5. The molecule has 0 radical (unpaired) electrons. The maximum atomic E-state index is 10.7. The topological polar surface area (TPSA) is 94.9 Å². The number of benzene rings is 2. The molecule has 10 heteroatoms. The van der Waals surface area contributed by atoms with Gasteiger partial charge in [-0.3, -0.25) is 10.1 Å². The summed E-state index contributed by atoms with van der Waals surface area (Å²) >= 11 is 6.05. The van der Waals surface area contributed by atoms with Crippen LogP contribution in [-0.4, -0.2) is 39.3 Å². The molecule has 2 aromatic carbocycles. The first kappa shape index (κ1) is 23.6. The fraction of sp³-hybridized carbons (Fsp3) is 0.333. The molecule has 2 N–H and O–H groups in total. The number of nitro groups is 1. The standard InChI is InChI=1S/C18H22ClN3O5.ClH/c1-25-16-10-18(27-3)17(26-2)8-12(16)11-20-6-7-21-15-5-4-13(22(23)24)9-14(15)19;/h4-5,8-10,20-21H,6-7,11H2,1-3H3;1H. The van der Waals surface area contributed by atoms with Gasteiger partial charge in [0.15, 0.2) is 11.5 Å². The number of hydrogen-bond acceptors (Lipinski definition) is 7. The molecule has 0 amide bonds. The van der Waals surface area contributed by atoms with E-state index in [4.69, 9.17) is 25.8 Å². The summed E-state index contributed by atoms with van der Waals surface area (Å²) in [7, 11) is 4.76. The van der Waals surface area contributed by atoms with Crippen molar-refractivity contribution in [1.82, 2.24) is 5.32 Å². The Bertz CT molecular complexity index is 805. The number of methoxy groups -OCH3 is 3. The van der Waals surface area contributed by atoms with E-state index in [1.165, 1.54) is 12.1 Å². The molecular weight excluding hydrogens is 409 g/mol. The van der Waals surface area contributed by atoms with Crippen molar-refractivity contribution >= 4 is 35.4 Å². The molecule has 0 bridgehead atoms. The lowest BCUT2D eigenvalue weighted by Gasteiger charge is -2.15. The van der Waals surface area contributed by atoms with Gasteiger partial charge in [0.1, 0.15) is 5.75 Å². The van der Waals surface area contributed by atoms with Crippen LogP contribution in [0.25, 0.3) is 0 Å². The minimum Gasteiger partial charge on any atom is -0.496 e. The summed E-state index contributed by atoms with van der Waals surface area (Å²) in [4.78, 5) is 10.2. The predicted molar refractivity (Wildman–Crippen MR) is 112 cm³/mol. The smallest absolute Gasteiger partial charge is 0.271 e. The quantitative estimate of drug-likeness (QED) is 0.334. The van der Waals surface area contributed by atoms with Gasteiger partial charge in [0.2, 0.25) is 0 Å². The SMILES string of the molecule is COc1cc(OC)c(OC)cc1CNCCNc1ccc([N+](=O)[O-])cc1Cl.Cl. The van der Waals surface area contributed by atoms with Crippen LogP contribution in [0.15, 0.2) is 30.3 Å². The highest BCUT2D eigenvalue weighted by Gasteiger charge is 2.12. The number of nitrogens with zero attached hydrogens (tertiary/aromatic N) is 1. The monoisotopic (exact) mass is 431 g/mol. The molecule has 0 aromatic heterocycles. The molecule has 0 atom stereocenters. The van der Waals surface area contributed by atoms with E-state index in [9.17, 15) is 10.1 Å². The zero-order valence-corrected chi connectivity index (χ0v) is 17.4. The first-order chi connectivity index (χ1) is 13.0. The van der Waals surface area contributed by atoms with Gasteiger partial charge in [-0.15, -0.1) is 12.4 Å². The molecule has 0 fully saturated rings. The second kappa shape index (κ2) is 11.4. The summed E-state index contributed by atoms with van der Waals surface area (Å²) in [5, 5.41) is 17.5. The van der Waals surface area contributed by atoms with Crippen molar-refractivity contribution in [3.8, 4) is 17.2 Å². The lowest BCUT2D eigenvalue weighted by Crippen LogP contribution is -2.22. The van der Waals surface area contributed by atoms with E-state index in [1.807, 2.05) is 6.07 Å². The van der Waals surface area contributed by atoms with Crippen molar-refractivity contribution in [1.29, 1.82) is 0 Å². The Morgan fingerprint density at radius 1 is 1.00 bits per heavy atom. The molecule has 0 saturated carbocycles. The minimum atomic E-state index is -0.478. The van der Waals surface area contributed by atoms with Crippen molar-refractivity contribution in [2.75, 3.05) is 39.7 Å². The third kappa shape index (κ3) is 6.05. The van der Waals surface area contributed by atoms with Crippen LogP contribution in [0.3, 0.4) is 0 Å². The van der Waals surface area contributed by atoms with Gasteiger partial charge in [0.05, 0.1) is 37.0 Å². The Kier molecular flexibility index (Phi) is 9.64. The molecule has 0 aliphatic carbocycles. The Balaban J connectivity index is 0.00000392. The van der Waals surface area contributed by atoms with Crippen molar-refractivity contribution in [3.63, 3.8) is 0 Å². The minimum absolute atomic E-state index is 0. The summed E-state index contributed by atoms with van der Waals surface area (Å²) in [6.07, 6.45) is 0. The van der Waals surface area contributed by atoms with Gasteiger partial charge in [-0.25, -0.2) is 0 Å². The zero-order valence-electron chi connectivity index (χ0n) is 15.8. The normalized spacial score (nSPS) is 10.0. The van der Waals surface area contributed by atoms with Gasteiger partial charge >= 0.3 is 0 Å². The maximum absolute atomic E-state index is 10.7. The number of halogens is 2. The molecule has 28 heavy (non-hydrogen) atoms. The molecule has 154 valence electrons. The predicted octanol–water partition coefficient (Wildman–Crippen LogP) is 3.90. The van der Waals surface area contributed by atoms with E-state index >= 15 is 0 Å². The van der Waals surface area contributed by atoms with Crippen molar-refractivity contribution < 1.29 is 19.1 Å². The Labute approximate surface area is 174 Å². The molecule has 0 saturated heterocycles. The maximum Gasteiger partial charge on any atom is 0.271 e. The van der Waals surface area contributed by atoms with E-state index in [0.29, 0.717) is 47.6 Å². The first-order valence-electron chi connectivity index (χ1n) is 8.17. The van der Waals surface area contributed by atoms with E-state index in [1.54, 1.807) is 33.5 Å². The van der Waals surface area contributed by atoms with Gasteiger partial charge in [-0.1, -0.05) is 11.6 Å². The van der Waals surface area contributed by atoms with Crippen molar-refractivity contribution in [2.24, 2.45) is 0 Å². The van der Waals surface area contributed by atoms with Crippen LogP contribution in [0.1, 0.15) is 5.56 Å². The average Bonchev–Trinajstić information content (AvgIpc) is 2.67. The highest BCUT2D eigenvalue weighted by molar-refractivity contribution is 6.33. The molecule has 2 rings (SSSR count). The van der Waals surface area contributed by atoms with Crippen LogP contribution in [0.5, 0.6) is 17.2 Å². The van der Waals surface area contributed by atoms with Crippen molar-refractivity contribution in [3.05, 3.63) is 51.0 Å². The summed E-state index contributed by atoms with van der Waals surface area (Å²) in [6.45, 7) is 1.80. The van der Waals surface area contributed by atoms with Crippen LogP contribution in [-0.2, 0) is 6.54 Å². The van der Waals surface area contributed by atoms with Crippen molar-refractivity contribution in [2.45, 2.75) is 6.54 Å². The molecule has 0 heterocycles. The molecule has 0 unspecified atom stereocenters. The lowest BCUT2D eigenvalue weighted by atomic mass is 10.1. The van der Waals surface area contributed by atoms with Crippen LogP contribution >= 0.6 is 24.0 Å². The van der Waals surface area contributed by atoms with Crippen LogP contribution in [0, 0.1) is 10.1 Å². The van der Waals surface area contributed by atoms with Gasteiger partial charge in [-0.2, -0.15) is 0 Å². The number of non-ortho nitro benzene ring substituents is 1. The molecule has 0 aliphatic heterocycles. The number of hydrogen-bond donors (Lipinski definition) is 2. The number of nitrogens with one attached hydrogen (secondary N) is 2. The van der Waals surface area contributed by atoms with E-state index in [-0.39, 0.29) is 18.1 Å². The van der Waals surface area contributed by atoms with E-state index in [2.05, 4.69) is 10.6 Å². The largest absolute Gasteiger partial charge is 0.496 e. The van der Waals surface area contributed by atoms with Gasteiger partial charge < -0.3 is 24.8 Å². The summed E-state index contributed by atoms with van der Waals surface area (Å²) in [5.41, 5.74) is 1.54. The van der Waals surface area contributed by atoms with E-state index in [0.717, 1.165) is 5.56 Å². The fourth-order valence-electron chi connectivity index (χ4n) is 2.50. The van der Waals surface area contributed by atoms with E-state index < -0.39 is 4.92 Å². The molecule has 8 nitrogen and oxygen atoms in total. The second-order valence-electron chi connectivity index (χ2n) is 5.54. The third-order valence-corrected chi connectivity index (χ3v) is 4.20. The Morgan fingerprint density at radius 3 is 2.21 bits per heavy atom. The molecule has 2 aromatic rings. The number of ether oxygens (including phenoxy) is 3. The first-order valence-corrected chi connectivity index (χ1v) is 8.55. The highest BCUT2D eigenvalue weighted by Crippen LogP contribution is 2.34. The number of anilines is 1. The van der Waals surface area contributed by atoms with Gasteiger partial charge in [0, 0.05) is 43.4 Å². The lowest BCUT2D eigenvalue weighted by molar-refractivity contribution is -0.384. The zero-order chi connectivity index (χ0) is 19.8. The fourth-order valence-corrected chi connectivity index (χ4v) is 2.74. The molecule has 0 aliphatic rings. The summed E-state index contributed by atoms with van der Waals surface area (Å²) in [6, 6.07) is 7.98. The van der Waals surface area contributed by atoms with Gasteiger partial charge in [-0.05, 0) is 12.1 Å². The number of rotatable bonds is 10. The molecule has 0 spiro atoms. The van der Waals surface area contributed by atoms with Crippen LogP contribution < -0.4 is 24.8 Å². The highest BCUT2D eigenvalue weighted by atomic mass is 35.5. The summed E-state index contributed by atoms with van der Waals surface area (Å²) < 4.78 is 16.0.